The molecule has 0 aromatic carbocycles. The highest BCUT2D eigenvalue weighted by Gasteiger charge is 2.21. The van der Waals surface area contributed by atoms with Gasteiger partial charge in [-0.3, -0.25) is 4.98 Å². The molecule has 0 aliphatic rings. The number of nitrogens with zero attached hydrogens (tertiary/aromatic N) is 2. The van der Waals surface area contributed by atoms with Crippen LogP contribution in [0.4, 0.5) is 4.79 Å². The predicted octanol–water partition coefficient (Wildman–Crippen LogP) is 2.19. The lowest BCUT2D eigenvalue weighted by Gasteiger charge is -2.30. The van der Waals surface area contributed by atoms with Crippen molar-refractivity contribution in [2.75, 3.05) is 13.6 Å². The average molecular weight is 221 g/mol. The van der Waals surface area contributed by atoms with Crippen LogP contribution in [-0.2, 0) is 0 Å². The van der Waals surface area contributed by atoms with E-state index < -0.39 is 0 Å². The fraction of sp³-hybridized carbons (Fsp3) is 0.500. The van der Waals surface area contributed by atoms with Gasteiger partial charge in [-0.2, -0.15) is 0 Å². The monoisotopic (exact) mass is 221 g/mol. The minimum Gasteiger partial charge on any atom is -0.341 e. The minimum atomic E-state index is -0.0360. The Balaban J connectivity index is 2.92. The van der Waals surface area contributed by atoms with Crippen LogP contribution in [0.15, 0.2) is 24.5 Å². The zero-order valence-corrected chi connectivity index (χ0v) is 10.1. The van der Waals surface area contributed by atoms with E-state index in [9.17, 15) is 4.79 Å². The standard InChI is InChI=1S/C12H19N3O/c1-4-11(10-6-8-14-9-7-10)15(5-2)12(16)13-3/h6-9,11H,4-5H2,1-3H3,(H,13,16)/t11-/m1/s1. The molecular formula is C12H19N3O. The molecule has 0 saturated heterocycles. The third kappa shape index (κ3) is 2.72. The van der Waals surface area contributed by atoms with Gasteiger partial charge in [0.1, 0.15) is 0 Å². The van der Waals surface area contributed by atoms with Crippen molar-refractivity contribution in [2.24, 2.45) is 0 Å². The summed E-state index contributed by atoms with van der Waals surface area (Å²) >= 11 is 0. The maximum atomic E-state index is 11.7. The van der Waals surface area contributed by atoms with E-state index >= 15 is 0 Å². The summed E-state index contributed by atoms with van der Waals surface area (Å²) in [5.41, 5.74) is 1.13. The van der Waals surface area contributed by atoms with Crippen molar-refractivity contribution in [1.82, 2.24) is 15.2 Å². The molecule has 2 amide bonds. The molecule has 0 saturated carbocycles. The molecular weight excluding hydrogens is 202 g/mol. The lowest BCUT2D eigenvalue weighted by molar-refractivity contribution is 0.178. The minimum absolute atomic E-state index is 0.0360. The molecule has 1 heterocycles. The number of hydrogen-bond acceptors (Lipinski definition) is 2. The summed E-state index contributed by atoms with van der Waals surface area (Å²) in [6.45, 7) is 4.76. The van der Waals surface area contributed by atoms with Gasteiger partial charge in [-0.25, -0.2) is 4.79 Å². The van der Waals surface area contributed by atoms with Crippen molar-refractivity contribution in [3.63, 3.8) is 0 Å². The summed E-state index contributed by atoms with van der Waals surface area (Å²) in [4.78, 5) is 17.5. The quantitative estimate of drug-likeness (QED) is 0.847. The highest BCUT2D eigenvalue weighted by molar-refractivity contribution is 5.74. The number of nitrogens with one attached hydrogen (secondary N) is 1. The molecule has 0 bridgehead atoms. The Labute approximate surface area is 96.7 Å². The number of carbonyl (C=O) groups is 1. The summed E-state index contributed by atoms with van der Waals surface area (Å²) in [5.74, 6) is 0. The molecule has 1 aromatic rings. The van der Waals surface area contributed by atoms with Crippen molar-refractivity contribution in [2.45, 2.75) is 26.3 Å². The van der Waals surface area contributed by atoms with Crippen LogP contribution in [0.25, 0.3) is 0 Å². The van der Waals surface area contributed by atoms with Crippen LogP contribution in [0.3, 0.4) is 0 Å². The molecule has 4 nitrogen and oxygen atoms in total. The second kappa shape index (κ2) is 6.10. The SMILES string of the molecule is CC[C@H](c1ccncc1)N(CC)C(=O)NC. The largest absolute Gasteiger partial charge is 0.341 e. The zero-order chi connectivity index (χ0) is 12.0. The van der Waals surface area contributed by atoms with E-state index in [1.807, 2.05) is 24.0 Å². The van der Waals surface area contributed by atoms with Gasteiger partial charge in [0.25, 0.3) is 0 Å². The smallest absolute Gasteiger partial charge is 0.317 e. The Hall–Kier alpha value is -1.58. The van der Waals surface area contributed by atoms with Crippen molar-refractivity contribution >= 4 is 6.03 Å². The first-order valence-electron chi connectivity index (χ1n) is 5.62. The zero-order valence-electron chi connectivity index (χ0n) is 10.1. The van der Waals surface area contributed by atoms with E-state index in [0.717, 1.165) is 12.0 Å². The highest BCUT2D eigenvalue weighted by atomic mass is 16.2. The molecule has 1 N–H and O–H groups in total. The fourth-order valence-electron chi connectivity index (χ4n) is 1.87. The molecule has 4 heteroatoms. The van der Waals surface area contributed by atoms with E-state index in [0.29, 0.717) is 6.54 Å². The molecule has 0 aliphatic carbocycles. The van der Waals surface area contributed by atoms with Crippen molar-refractivity contribution in [3.8, 4) is 0 Å². The molecule has 1 aromatic heterocycles. The maximum absolute atomic E-state index is 11.7. The first-order valence-corrected chi connectivity index (χ1v) is 5.62. The molecule has 88 valence electrons. The summed E-state index contributed by atoms with van der Waals surface area (Å²) in [6.07, 6.45) is 4.41. The normalized spacial score (nSPS) is 11.9. The van der Waals surface area contributed by atoms with Crippen LogP contribution in [0.5, 0.6) is 0 Å². The highest BCUT2D eigenvalue weighted by Crippen LogP contribution is 2.23. The molecule has 0 radical (unpaired) electrons. The van der Waals surface area contributed by atoms with E-state index in [2.05, 4.69) is 17.2 Å². The van der Waals surface area contributed by atoms with Gasteiger partial charge in [0.05, 0.1) is 6.04 Å². The van der Waals surface area contributed by atoms with Gasteiger partial charge in [0.2, 0.25) is 0 Å². The third-order valence-electron chi connectivity index (χ3n) is 2.67. The van der Waals surface area contributed by atoms with Gasteiger partial charge < -0.3 is 10.2 Å². The van der Waals surface area contributed by atoms with Gasteiger partial charge in [-0.15, -0.1) is 0 Å². The number of hydrogen-bond donors (Lipinski definition) is 1. The first kappa shape index (κ1) is 12.5. The topological polar surface area (TPSA) is 45.2 Å². The molecule has 16 heavy (non-hydrogen) atoms. The molecule has 0 spiro atoms. The van der Waals surface area contributed by atoms with E-state index in [-0.39, 0.29) is 12.1 Å². The molecule has 0 fully saturated rings. The van der Waals surface area contributed by atoms with Crippen LogP contribution in [0.1, 0.15) is 31.9 Å². The maximum Gasteiger partial charge on any atom is 0.317 e. The average Bonchev–Trinajstić information content (AvgIpc) is 2.36. The summed E-state index contributed by atoms with van der Waals surface area (Å²) < 4.78 is 0. The lowest BCUT2D eigenvalue weighted by Crippen LogP contribution is -2.40. The summed E-state index contributed by atoms with van der Waals surface area (Å²) in [6, 6.07) is 4.00. The number of urea groups is 1. The van der Waals surface area contributed by atoms with Gasteiger partial charge in [0.15, 0.2) is 0 Å². The van der Waals surface area contributed by atoms with Gasteiger partial charge in [-0.05, 0) is 31.0 Å². The van der Waals surface area contributed by atoms with Crippen LogP contribution < -0.4 is 5.32 Å². The predicted molar refractivity (Wildman–Crippen MR) is 64.1 cm³/mol. The molecule has 1 rings (SSSR count). The molecule has 1 atom stereocenters. The van der Waals surface area contributed by atoms with Crippen LogP contribution in [0.2, 0.25) is 0 Å². The number of pyridine rings is 1. The molecule has 0 aliphatic heterocycles. The summed E-state index contributed by atoms with van der Waals surface area (Å²) in [7, 11) is 1.66. The number of rotatable bonds is 4. The van der Waals surface area contributed by atoms with Crippen LogP contribution in [-0.4, -0.2) is 29.5 Å². The van der Waals surface area contributed by atoms with Crippen molar-refractivity contribution in [3.05, 3.63) is 30.1 Å². The van der Waals surface area contributed by atoms with E-state index in [4.69, 9.17) is 0 Å². The van der Waals surface area contributed by atoms with Crippen LogP contribution >= 0.6 is 0 Å². The Morgan fingerprint density at radius 3 is 2.50 bits per heavy atom. The van der Waals surface area contributed by atoms with Crippen molar-refractivity contribution in [1.29, 1.82) is 0 Å². The van der Waals surface area contributed by atoms with E-state index in [1.54, 1.807) is 19.4 Å². The Morgan fingerprint density at radius 2 is 2.06 bits per heavy atom. The summed E-state index contributed by atoms with van der Waals surface area (Å²) in [5, 5.41) is 2.67. The Bertz CT molecular complexity index is 326. The van der Waals surface area contributed by atoms with E-state index in [1.165, 1.54) is 0 Å². The van der Waals surface area contributed by atoms with Gasteiger partial charge in [0, 0.05) is 26.0 Å². The van der Waals surface area contributed by atoms with Crippen LogP contribution in [0, 0.1) is 0 Å². The number of aromatic nitrogens is 1. The van der Waals surface area contributed by atoms with Gasteiger partial charge in [-0.1, -0.05) is 6.92 Å². The second-order valence-corrected chi connectivity index (χ2v) is 3.55. The van der Waals surface area contributed by atoms with Gasteiger partial charge >= 0.3 is 6.03 Å². The molecule has 0 unspecified atom stereocenters. The fourth-order valence-corrected chi connectivity index (χ4v) is 1.87. The first-order chi connectivity index (χ1) is 7.74. The number of carbonyl (C=O) groups excluding carboxylic acids is 1. The second-order valence-electron chi connectivity index (χ2n) is 3.55. The third-order valence-corrected chi connectivity index (χ3v) is 2.67. The Morgan fingerprint density at radius 1 is 1.44 bits per heavy atom. The Kier molecular flexibility index (Phi) is 4.76. The van der Waals surface area contributed by atoms with Crippen molar-refractivity contribution < 1.29 is 4.79 Å². The number of amides is 2. The lowest BCUT2D eigenvalue weighted by atomic mass is 10.0.